The quantitative estimate of drug-likeness (QED) is 0.920. The summed E-state index contributed by atoms with van der Waals surface area (Å²) in [5.74, 6) is -0.443. The highest BCUT2D eigenvalue weighted by atomic mass is 16.7. The number of carbonyl (C=O) groups excluding carboxylic acids is 1. The second-order valence-electron chi connectivity index (χ2n) is 5.96. The third-order valence-electron chi connectivity index (χ3n) is 4.47. The van der Waals surface area contributed by atoms with E-state index in [2.05, 4.69) is 5.32 Å². The van der Waals surface area contributed by atoms with Crippen molar-refractivity contribution < 1.29 is 19.0 Å². The van der Waals surface area contributed by atoms with Crippen LogP contribution in [0.15, 0.2) is 24.3 Å². The van der Waals surface area contributed by atoms with Gasteiger partial charge in [-0.1, -0.05) is 24.3 Å². The van der Waals surface area contributed by atoms with Crippen molar-refractivity contribution in [2.45, 2.75) is 31.8 Å². The number of carbonyl (C=O) groups is 1. The van der Waals surface area contributed by atoms with Crippen LogP contribution in [0, 0.1) is 0 Å². The Bertz CT molecular complexity index is 533. The van der Waals surface area contributed by atoms with E-state index in [0.29, 0.717) is 39.5 Å². The standard InChI is InChI=1S/C17H24N2O4/c1-21-13-15-5-3-2-4-14(15)12-18-16(20)19-8-6-17(7-9-19)22-10-11-23-17/h2-5H,6-13H2,1H3,(H,18,20). The highest BCUT2D eigenvalue weighted by Crippen LogP contribution is 2.31. The van der Waals surface area contributed by atoms with Crippen LogP contribution in [0.2, 0.25) is 0 Å². The van der Waals surface area contributed by atoms with Crippen molar-refractivity contribution in [2.75, 3.05) is 33.4 Å². The van der Waals surface area contributed by atoms with E-state index >= 15 is 0 Å². The van der Waals surface area contributed by atoms with Gasteiger partial charge in [-0.2, -0.15) is 0 Å². The Balaban J connectivity index is 1.50. The number of rotatable bonds is 4. The van der Waals surface area contributed by atoms with E-state index in [9.17, 15) is 4.79 Å². The van der Waals surface area contributed by atoms with Crippen LogP contribution in [0.5, 0.6) is 0 Å². The van der Waals surface area contributed by atoms with Crippen molar-refractivity contribution in [3.05, 3.63) is 35.4 Å². The molecule has 0 saturated carbocycles. The monoisotopic (exact) mass is 320 g/mol. The molecule has 1 N–H and O–H groups in total. The Morgan fingerprint density at radius 3 is 2.52 bits per heavy atom. The van der Waals surface area contributed by atoms with Crippen molar-refractivity contribution in [1.82, 2.24) is 10.2 Å². The first-order valence-electron chi connectivity index (χ1n) is 8.09. The van der Waals surface area contributed by atoms with Gasteiger partial charge in [-0.25, -0.2) is 4.79 Å². The molecule has 3 rings (SSSR count). The molecule has 2 fully saturated rings. The molecular formula is C17H24N2O4. The Hall–Kier alpha value is -1.63. The Morgan fingerprint density at radius 1 is 1.22 bits per heavy atom. The van der Waals surface area contributed by atoms with E-state index in [1.807, 2.05) is 29.2 Å². The first-order valence-corrected chi connectivity index (χ1v) is 8.09. The van der Waals surface area contributed by atoms with E-state index in [4.69, 9.17) is 14.2 Å². The van der Waals surface area contributed by atoms with E-state index in [1.54, 1.807) is 7.11 Å². The van der Waals surface area contributed by atoms with E-state index < -0.39 is 5.79 Å². The first kappa shape index (κ1) is 16.2. The molecule has 0 atom stereocenters. The normalized spacial score (nSPS) is 20.0. The van der Waals surface area contributed by atoms with Crippen LogP contribution in [0.4, 0.5) is 4.79 Å². The van der Waals surface area contributed by atoms with Gasteiger partial charge in [0.2, 0.25) is 0 Å². The Labute approximate surface area is 136 Å². The van der Waals surface area contributed by atoms with Crippen molar-refractivity contribution in [3.8, 4) is 0 Å². The maximum absolute atomic E-state index is 12.3. The summed E-state index contributed by atoms with van der Waals surface area (Å²) < 4.78 is 16.6. The maximum Gasteiger partial charge on any atom is 0.317 e. The summed E-state index contributed by atoms with van der Waals surface area (Å²) in [5, 5.41) is 3.00. The maximum atomic E-state index is 12.3. The molecule has 23 heavy (non-hydrogen) atoms. The number of ether oxygens (including phenoxy) is 3. The lowest BCUT2D eigenvalue weighted by atomic mass is 10.0. The van der Waals surface area contributed by atoms with Crippen LogP contribution in [-0.2, 0) is 27.4 Å². The second-order valence-corrected chi connectivity index (χ2v) is 5.96. The Morgan fingerprint density at radius 2 is 1.87 bits per heavy atom. The summed E-state index contributed by atoms with van der Waals surface area (Å²) in [6.07, 6.45) is 1.47. The second kappa shape index (κ2) is 7.29. The van der Waals surface area contributed by atoms with E-state index in [-0.39, 0.29) is 6.03 Å². The fraction of sp³-hybridized carbons (Fsp3) is 0.588. The zero-order valence-corrected chi connectivity index (χ0v) is 13.5. The zero-order chi connectivity index (χ0) is 16.1. The molecule has 2 amide bonds. The molecule has 1 aromatic carbocycles. The smallest absolute Gasteiger partial charge is 0.317 e. The molecule has 0 radical (unpaired) electrons. The largest absolute Gasteiger partial charge is 0.380 e. The fourth-order valence-corrected chi connectivity index (χ4v) is 3.15. The number of methoxy groups -OCH3 is 1. The average molecular weight is 320 g/mol. The first-order chi connectivity index (χ1) is 11.2. The summed E-state index contributed by atoms with van der Waals surface area (Å²) in [4.78, 5) is 14.2. The molecule has 126 valence electrons. The molecule has 0 aromatic heterocycles. The average Bonchev–Trinajstić information content (AvgIpc) is 3.03. The van der Waals surface area contributed by atoms with Gasteiger partial charge in [0.05, 0.1) is 19.8 Å². The van der Waals surface area contributed by atoms with Gasteiger partial charge in [-0.3, -0.25) is 0 Å². The molecule has 6 nitrogen and oxygen atoms in total. The van der Waals surface area contributed by atoms with Crippen molar-refractivity contribution in [1.29, 1.82) is 0 Å². The SMILES string of the molecule is COCc1ccccc1CNC(=O)N1CCC2(CC1)OCCO2. The number of urea groups is 1. The molecule has 6 heteroatoms. The summed E-state index contributed by atoms with van der Waals surface area (Å²) in [5.41, 5.74) is 2.18. The van der Waals surface area contributed by atoms with Crippen molar-refractivity contribution >= 4 is 6.03 Å². The number of amides is 2. The van der Waals surface area contributed by atoms with Crippen molar-refractivity contribution in [3.63, 3.8) is 0 Å². The molecule has 0 bridgehead atoms. The van der Waals surface area contributed by atoms with Gasteiger partial charge < -0.3 is 24.4 Å². The minimum atomic E-state index is -0.443. The predicted octanol–water partition coefficient (Wildman–Crippen LogP) is 1.88. The van der Waals surface area contributed by atoms with E-state index in [0.717, 1.165) is 24.0 Å². The van der Waals surface area contributed by atoms with Gasteiger partial charge >= 0.3 is 6.03 Å². The summed E-state index contributed by atoms with van der Waals surface area (Å²) >= 11 is 0. The van der Waals surface area contributed by atoms with Crippen LogP contribution >= 0.6 is 0 Å². The Kier molecular flexibility index (Phi) is 5.15. The van der Waals surface area contributed by atoms with Crippen LogP contribution in [0.25, 0.3) is 0 Å². The molecule has 0 aliphatic carbocycles. The number of hydrogen-bond donors (Lipinski definition) is 1. The van der Waals surface area contributed by atoms with Crippen LogP contribution in [-0.4, -0.2) is 50.1 Å². The van der Waals surface area contributed by atoms with Crippen LogP contribution in [0.1, 0.15) is 24.0 Å². The van der Waals surface area contributed by atoms with Crippen molar-refractivity contribution in [2.24, 2.45) is 0 Å². The zero-order valence-electron chi connectivity index (χ0n) is 13.5. The van der Waals surface area contributed by atoms with Crippen LogP contribution in [0.3, 0.4) is 0 Å². The molecule has 2 aliphatic rings. The third-order valence-corrected chi connectivity index (χ3v) is 4.47. The summed E-state index contributed by atoms with van der Waals surface area (Å²) in [6.45, 7) is 3.68. The predicted molar refractivity (Wildman–Crippen MR) is 84.8 cm³/mol. The van der Waals surface area contributed by atoms with Gasteiger partial charge in [0, 0.05) is 39.6 Å². The van der Waals surface area contributed by atoms with Gasteiger partial charge in [0.15, 0.2) is 5.79 Å². The third kappa shape index (κ3) is 3.83. The highest BCUT2D eigenvalue weighted by Gasteiger charge is 2.40. The lowest BCUT2D eigenvalue weighted by Crippen LogP contribution is -2.50. The molecule has 2 saturated heterocycles. The number of piperidine rings is 1. The number of nitrogens with zero attached hydrogens (tertiary/aromatic N) is 1. The van der Waals surface area contributed by atoms with Crippen LogP contribution < -0.4 is 5.32 Å². The lowest BCUT2D eigenvalue weighted by Gasteiger charge is -2.37. The fourth-order valence-electron chi connectivity index (χ4n) is 3.15. The lowest BCUT2D eigenvalue weighted by molar-refractivity contribution is -0.181. The molecular weight excluding hydrogens is 296 g/mol. The minimum absolute atomic E-state index is 0.0370. The summed E-state index contributed by atoms with van der Waals surface area (Å²) in [6, 6.07) is 7.95. The van der Waals surface area contributed by atoms with E-state index in [1.165, 1.54) is 0 Å². The number of nitrogens with one attached hydrogen (secondary N) is 1. The summed E-state index contributed by atoms with van der Waals surface area (Å²) in [7, 11) is 1.67. The number of likely N-dealkylation sites (tertiary alicyclic amines) is 1. The molecule has 1 aromatic rings. The molecule has 0 unspecified atom stereocenters. The van der Waals surface area contributed by atoms with Gasteiger partial charge in [0.25, 0.3) is 0 Å². The number of hydrogen-bond acceptors (Lipinski definition) is 4. The topological polar surface area (TPSA) is 60.0 Å². The minimum Gasteiger partial charge on any atom is -0.380 e. The molecule has 1 spiro atoms. The number of benzene rings is 1. The van der Waals surface area contributed by atoms with Gasteiger partial charge in [-0.05, 0) is 11.1 Å². The molecule has 2 aliphatic heterocycles. The highest BCUT2D eigenvalue weighted by molar-refractivity contribution is 5.74. The van der Waals surface area contributed by atoms with Gasteiger partial charge in [-0.15, -0.1) is 0 Å². The van der Waals surface area contributed by atoms with Gasteiger partial charge in [0.1, 0.15) is 0 Å². The molecule has 2 heterocycles.